The molecule has 0 spiro atoms. The van der Waals surface area contributed by atoms with Crippen molar-refractivity contribution in [3.05, 3.63) is 66.2 Å². The van der Waals surface area contributed by atoms with Crippen molar-refractivity contribution in [3.8, 4) is 5.75 Å². The smallest absolute Gasteiger partial charge is 0.265 e. The Kier molecular flexibility index (Phi) is 5.95. The molecule has 6 heteroatoms. The highest BCUT2D eigenvalue weighted by molar-refractivity contribution is 6.01. The summed E-state index contributed by atoms with van der Waals surface area (Å²) in [5.41, 5.74) is 2.25. The molecule has 1 N–H and O–H groups in total. The average Bonchev–Trinajstić information content (AvgIpc) is 2.80. The van der Waals surface area contributed by atoms with Crippen LogP contribution in [0.15, 0.2) is 60.7 Å². The number of carbonyl (C=O) groups excluding carboxylic acids is 2. The van der Waals surface area contributed by atoms with Crippen LogP contribution < -0.4 is 15.0 Å². The highest BCUT2D eigenvalue weighted by atomic mass is 16.5. The van der Waals surface area contributed by atoms with Gasteiger partial charge in [-0.3, -0.25) is 9.59 Å². The van der Waals surface area contributed by atoms with E-state index >= 15 is 0 Å². The average molecular weight is 404 g/mol. The Hall–Kier alpha value is -3.38. The van der Waals surface area contributed by atoms with E-state index in [0.29, 0.717) is 17.0 Å². The fraction of sp³-hybridized carbons (Fsp3) is 0.250. The first-order valence-electron chi connectivity index (χ1n) is 10.0. The fourth-order valence-corrected chi connectivity index (χ4v) is 3.56. The third-order valence-electron chi connectivity index (χ3n) is 5.23. The first-order valence-corrected chi connectivity index (χ1v) is 10.0. The number of carbonyl (C=O) groups is 2. The lowest BCUT2D eigenvalue weighted by molar-refractivity contribution is -0.122. The third-order valence-corrected chi connectivity index (χ3v) is 5.23. The molecule has 0 aliphatic carbocycles. The highest BCUT2D eigenvalue weighted by Crippen LogP contribution is 2.27. The van der Waals surface area contributed by atoms with E-state index in [4.69, 9.17) is 9.47 Å². The van der Waals surface area contributed by atoms with Gasteiger partial charge in [0.2, 0.25) is 0 Å². The van der Waals surface area contributed by atoms with Gasteiger partial charge >= 0.3 is 0 Å². The lowest BCUT2D eigenvalue weighted by atomic mass is 10.0. The minimum atomic E-state index is -0.760. The summed E-state index contributed by atoms with van der Waals surface area (Å²) in [7, 11) is 0. The van der Waals surface area contributed by atoms with E-state index in [-0.39, 0.29) is 5.91 Å². The van der Waals surface area contributed by atoms with Gasteiger partial charge in [-0.1, -0.05) is 30.3 Å². The normalized spacial score (nSPS) is 14.9. The van der Waals surface area contributed by atoms with Crippen LogP contribution in [-0.4, -0.2) is 44.6 Å². The maximum atomic E-state index is 12.6. The van der Waals surface area contributed by atoms with Crippen molar-refractivity contribution in [1.82, 2.24) is 0 Å². The Balaban J connectivity index is 1.43. The molecule has 3 aromatic carbocycles. The van der Waals surface area contributed by atoms with Crippen molar-refractivity contribution < 1.29 is 19.1 Å². The summed E-state index contributed by atoms with van der Waals surface area (Å²) < 4.78 is 11.2. The molecular weight excluding hydrogens is 380 g/mol. The summed E-state index contributed by atoms with van der Waals surface area (Å²) >= 11 is 0. The summed E-state index contributed by atoms with van der Waals surface area (Å²) in [4.78, 5) is 26.5. The van der Waals surface area contributed by atoms with E-state index in [9.17, 15) is 9.59 Å². The van der Waals surface area contributed by atoms with E-state index in [2.05, 4.69) is 10.2 Å². The molecule has 1 aliphatic heterocycles. The van der Waals surface area contributed by atoms with E-state index in [1.807, 2.05) is 54.6 Å². The SMILES string of the molecule is C[C@H](Oc1ccc2ccccc2c1C=O)C(=O)Nc1ccc(N2CCOCC2)cc1. The molecule has 1 saturated heterocycles. The van der Waals surface area contributed by atoms with Crippen molar-refractivity contribution >= 4 is 34.3 Å². The number of morpholine rings is 1. The Bertz CT molecular complexity index is 1040. The van der Waals surface area contributed by atoms with E-state index in [0.717, 1.165) is 49.0 Å². The van der Waals surface area contributed by atoms with Crippen LogP contribution in [0.3, 0.4) is 0 Å². The fourth-order valence-electron chi connectivity index (χ4n) is 3.56. The Labute approximate surface area is 175 Å². The van der Waals surface area contributed by atoms with Gasteiger partial charge in [-0.15, -0.1) is 0 Å². The Morgan fingerprint density at radius 2 is 1.80 bits per heavy atom. The summed E-state index contributed by atoms with van der Waals surface area (Å²) in [6.07, 6.45) is 0.0101. The quantitative estimate of drug-likeness (QED) is 0.631. The molecule has 0 saturated carbocycles. The summed E-state index contributed by atoms with van der Waals surface area (Å²) in [6, 6.07) is 18.9. The van der Waals surface area contributed by atoms with Crippen LogP contribution in [0.25, 0.3) is 10.8 Å². The summed E-state index contributed by atoms with van der Waals surface area (Å²) in [6.45, 7) is 4.85. The van der Waals surface area contributed by atoms with Crippen LogP contribution in [0.4, 0.5) is 11.4 Å². The lowest BCUT2D eigenvalue weighted by Gasteiger charge is -2.29. The number of amides is 1. The number of hydrogen-bond acceptors (Lipinski definition) is 5. The molecule has 3 aromatic rings. The first kappa shape index (κ1) is 19.9. The van der Waals surface area contributed by atoms with Crippen molar-refractivity contribution in [2.75, 3.05) is 36.5 Å². The second-order valence-corrected chi connectivity index (χ2v) is 7.21. The van der Waals surface area contributed by atoms with Crippen molar-refractivity contribution in [2.24, 2.45) is 0 Å². The van der Waals surface area contributed by atoms with Gasteiger partial charge < -0.3 is 19.7 Å². The lowest BCUT2D eigenvalue weighted by Crippen LogP contribution is -2.36. The Morgan fingerprint density at radius 1 is 1.07 bits per heavy atom. The molecule has 0 aromatic heterocycles. The van der Waals surface area contributed by atoms with Gasteiger partial charge in [-0.05, 0) is 48.0 Å². The largest absolute Gasteiger partial charge is 0.480 e. The number of hydrogen-bond donors (Lipinski definition) is 1. The molecule has 4 rings (SSSR count). The zero-order valence-electron chi connectivity index (χ0n) is 16.8. The molecular formula is C24H24N2O4. The summed E-state index contributed by atoms with van der Waals surface area (Å²) in [5, 5.41) is 4.62. The molecule has 0 radical (unpaired) electrons. The number of fused-ring (bicyclic) bond motifs is 1. The van der Waals surface area contributed by atoms with Gasteiger partial charge in [0, 0.05) is 24.5 Å². The van der Waals surface area contributed by atoms with E-state index < -0.39 is 6.10 Å². The number of rotatable bonds is 6. The topological polar surface area (TPSA) is 67.9 Å². The molecule has 1 aliphatic rings. The maximum Gasteiger partial charge on any atom is 0.265 e. The van der Waals surface area contributed by atoms with Gasteiger partial charge in [-0.2, -0.15) is 0 Å². The molecule has 1 fully saturated rings. The second-order valence-electron chi connectivity index (χ2n) is 7.21. The monoisotopic (exact) mass is 404 g/mol. The Morgan fingerprint density at radius 3 is 2.53 bits per heavy atom. The van der Waals surface area contributed by atoms with E-state index in [1.165, 1.54) is 0 Å². The van der Waals surface area contributed by atoms with Crippen molar-refractivity contribution in [2.45, 2.75) is 13.0 Å². The van der Waals surface area contributed by atoms with Crippen LogP contribution in [0.5, 0.6) is 5.75 Å². The maximum absolute atomic E-state index is 12.6. The molecule has 154 valence electrons. The minimum absolute atomic E-state index is 0.279. The zero-order valence-corrected chi connectivity index (χ0v) is 16.8. The zero-order chi connectivity index (χ0) is 20.9. The van der Waals surface area contributed by atoms with Crippen molar-refractivity contribution in [3.63, 3.8) is 0 Å². The molecule has 0 bridgehead atoms. The summed E-state index contributed by atoms with van der Waals surface area (Å²) in [5.74, 6) is 0.119. The van der Waals surface area contributed by atoms with Gasteiger partial charge in [0.1, 0.15) is 5.75 Å². The molecule has 1 amide bonds. The van der Waals surface area contributed by atoms with Crippen LogP contribution >= 0.6 is 0 Å². The van der Waals surface area contributed by atoms with Crippen LogP contribution in [0.1, 0.15) is 17.3 Å². The number of anilines is 2. The predicted octanol–water partition coefficient (Wildman–Crippen LogP) is 3.89. The number of nitrogens with zero attached hydrogens (tertiary/aromatic N) is 1. The molecule has 0 unspecified atom stereocenters. The number of nitrogens with one attached hydrogen (secondary N) is 1. The number of aldehydes is 1. The van der Waals surface area contributed by atoms with Gasteiger partial charge in [0.05, 0.1) is 18.8 Å². The second kappa shape index (κ2) is 8.97. The van der Waals surface area contributed by atoms with Crippen LogP contribution in [0, 0.1) is 0 Å². The van der Waals surface area contributed by atoms with Crippen molar-refractivity contribution in [1.29, 1.82) is 0 Å². The molecule has 30 heavy (non-hydrogen) atoms. The third kappa shape index (κ3) is 4.28. The molecule has 1 atom stereocenters. The first-order chi connectivity index (χ1) is 14.7. The van der Waals surface area contributed by atoms with Gasteiger partial charge in [-0.25, -0.2) is 0 Å². The van der Waals surface area contributed by atoms with E-state index in [1.54, 1.807) is 13.0 Å². The molecule has 6 nitrogen and oxygen atoms in total. The van der Waals surface area contributed by atoms with Gasteiger partial charge in [0.25, 0.3) is 5.91 Å². The highest BCUT2D eigenvalue weighted by Gasteiger charge is 2.18. The van der Waals surface area contributed by atoms with Crippen LogP contribution in [0.2, 0.25) is 0 Å². The number of benzene rings is 3. The predicted molar refractivity (Wildman–Crippen MR) is 118 cm³/mol. The standard InChI is InChI=1S/C24H24N2O4/c1-17(30-23-11-6-18-4-2-3-5-21(18)22(23)16-27)24(28)25-19-7-9-20(10-8-19)26-12-14-29-15-13-26/h2-11,16-17H,12-15H2,1H3,(H,25,28)/t17-/m0/s1. The number of ether oxygens (including phenoxy) is 2. The van der Waals surface area contributed by atoms with Gasteiger partial charge in [0.15, 0.2) is 12.4 Å². The molecule has 1 heterocycles. The van der Waals surface area contributed by atoms with Crippen LogP contribution in [-0.2, 0) is 9.53 Å². The minimum Gasteiger partial charge on any atom is -0.480 e.